The quantitative estimate of drug-likeness (QED) is 0.368. The maximum Gasteiger partial charge on any atom is 0.253 e. The number of halogens is 1. The van der Waals surface area contributed by atoms with Gasteiger partial charge in [0.2, 0.25) is 0 Å². The molecule has 6 heteroatoms. The normalized spacial score (nSPS) is 12.3. The van der Waals surface area contributed by atoms with Gasteiger partial charge < -0.3 is 4.57 Å². The fraction of sp³-hybridized carbons (Fsp3) is 0.182. The summed E-state index contributed by atoms with van der Waals surface area (Å²) in [6.45, 7) is 5.79. The fourth-order valence-electron chi connectivity index (χ4n) is 2.92. The Balaban J connectivity index is 1.67. The molecular weight excluding hydrogens is 373 g/mol. The topological polar surface area (TPSA) is 46.4 Å². The highest BCUT2D eigenvalue weighted by atomic mass is 32.2. The van der Waals surface area contributed by atoms with Crippen LogP contribution in [-0.4, -0.2) is 21.9 Å². The second-order valence-corrected chi connectivity index (χ2v) is 7.86. The van der Waals surface area contributed by atoms with E-state index in [2.05, 4.69) is 10.5 Å². The number of amides is 1. The second-order valence-electron chi connectivity index (χ2n) is 6.45. The van der Waals surface area contributed by atoms with E-state index in [4.69, 9.17) is 0 Å². The van der Waals surface area contributed by atoms with Crippen LogP contribution in [0.25, 0.3) is 5.69 Å². The van der Waals surface area contributed by atoms with Crippen LogP contribution >= 0.6 is 11.8 Å². The summed E-state index contributed by atoms with van der Waals surface area (Å²) in [4.78, 5) is 13.3. The van der Waals surface area contributed by atoms with Gasteiger partial charge in [-0.15, -0.1) is 11.8 Å². The molecule has 1 amide bonds. The van der Waals surface area contributed by atoms with Crippen molar-refractivity contribution in [3.05, 3.63) is 83.4 Å². The Morgan fingerprint density at radius 1 is 1.14 bits per heavy atom. The van der Waals surface area contributed by atoms with Crippen molar-refractivity contribution in [1.82, 2.24) is 9.99 Å². The number of aryl methyl sites for hydroxylation is 1. The zero-order valence-corrected chi connectivity index (χ0v) is 16.8. The Kier molecular flexibility index (Phi) is 6.31. The van der Waals surface area contributed by atoms with Gasteiger partial charge in [0.25, 0.3) is 5.91 Å². The molecule has 0 unspecified atom stereocenters. The average Bonchev–Trinajstić information content (AvgIpc) is 2.97. The summed E-state index contributed by atoms with van der Waals surface area (Å²) in [5.74, 6) is -0.421. The molecule has 0 radical (unpaired) electrons. The minimum Gasteiger partial charge on any atom is -0.318 e. The van der Waals surface area contributed by atoms with Gasteiger partial charge in [0.15, 0.2) is 0 Å². The van der Waals surface area contributed by atoms with Gasteiger partial charge in [0.05, 0.1) is 11.5 Å². The molecule has 0 spiro atoms. The maximum atomic E-state index is 13.2. The molecule has 1 aromatic heterocycles. The Morgan fingerprint density at radius 3 is 2.50 bits per heavy atom. The van der Waals surface area contributed by atoms with Gasteiger partial charge in [-0.2, -0.15) is 5.10 Å². The molecule has 1 atom stereocenters. The van der Waals surface area contributed by atoms with E-state index in [0.717, 1.165) is 27.5 Å². The maximum absolute atomic E-state index is 13.2. The molecule has 2 aromatic carbocycles. The van der Waals surface area contributed by atoms with Crippen LogP contribution in [0.2, 0.25) is 0 Å². The molecule has 0 bridgehead atoms. The highest BCUT2D eigenvalue weighted by Crippen LogP contribution is 2.23. The molecule has 1 heterocycles. The third kappa shape index (κ3) is 4.70. The Bertz CT molecular complexity index is 981. The predicted octanol–water partition coefficient (Wildman–Crippen LogP) is 4.86. The molecule has 4 nitrogen and oxygen atoms in total. The van der Waals surface area contributed by atoms with Crippen molar-refractivity contribution in [2.45, 2.75) is 30.9 Å². The Hall–Kier alpha value is -2.86. The molecule has 144 valence electrons. The number of hydrazone groups is 1. The Morgan fingerprint density at radius 2 is 1.82 bits per heavy atom. The first-order valence-electron chi connectivity index (χ1n) is 8.95. The van der Waals surface area contributed by atoms with Crippen molar-refractivity contribution in [2.24, 2.45) is 5.10 Å². The van der Waals surface area contributed by atoms with E-state index in [1.807, 2.05) is 61.7 Å². The highest BCUT2D eigenvalue weighted by molar-refractivity contribution is 8.00. The monoisotopic (exact) mass is 395 g/mol. The summed E-state index contributed by atoms with van der Waals surface area (Å²) >= 11 is 1.49. The first-order chi connectivity index (χ1) is 13.5. The van der Waals surface area contributed by atoms with Crippen molar-refractivity contribution < 1.29 is 9.18 Å². The van der Waals surface area contributed by atoms with E-state index in [0.29, 0.717) is 0 Å². The van der Waals surface area contributed by atoms with Crippen LogP contribution < -0.4 is 5.43 Å². The van der Waals surface area contributed by atoms with Gasteiger partial charge in [-0.25, -0.2) is 9.82 Å². The molecule has 3 aromatic rings. The molecule has 0 aliphatic rings. The number of hydrogen-bond donors (Lipinski definition) is 1. The van der Waals surface area contributed by atoms with Crippen LogP contribution in [0.15, 0.2) is 70.7 Å². The van der Waals surface area contributed by atoms with Crippen LogP contribution in [-0.2, 0) is 4.79 Å². The largest absolute Gasteiger partial charge is 0.318 e. The summed E-state index contributed by atoms with van der Waals surface area (Å²) in [6, 6.07) is 18.1. The third-order valence-corrected chi connectivity index (χ3v) is 5.47. The number of rotatable bonds is 6. The summed E-state index contributed by atoms with van der Waals surface area (Å²) in [5.41, 5.74) is 6.35. The number of nitrogens with zero attached hydrogens (tertiary/aromatic N) is 2. The van der Waals surface area contributed by atoms with Crippen LogP contribution in [0.4, 0.5) is 4.39 Å². The molecule has 0 saturated heterocycles. The van der Waals surface area contributed by atoms with Crippen LogP contribution in [0.1, 0.15) is 23.9 Å². The molecule has 0 aliphatic carbocycles. The number of hydrogen-bond acceptors (Lipinski definition) is 3. The molecule has 28 heavy (non-hydrogen) atoms. The number of carbonyl (C=O) groups is 1. The van der Waals surface area contributed by atoms with Gasteiger partial charge in [0.1, 0.15) is 5.82 Å². The van der Waals surface area contributed by atoms with E-state index >= 15 is 0 Å². The second kappa shape index (κ2) is 8.89. The predicted molar refractivity (Wildman–Crippen MR) is 113 cm³/mol. The lowest BCUT2D eigenvalue weighted by molar-refractivity contribution is -0.120. The summed E-state index contributed by atoms with van der Waals surface area (Å²) in [7, 11) is 0. The first-order valence-corrected chi connectivity index (χ1v) is 9.83. The van der Waals surface area contributed by atoms with Gasteiger partial charge in [-0.05, 0) is 63.2 Å². The van der Waals surface area contributed by atoms with Gasteiger partial charge in [-0.3, -0.25) is 4.79 Å². The lowest BCUT2D eigenvalue weighted by Gasteiger charge is -2.10. The van der Waals surface area contributed by atoms with Gasteiger partial charge >= 0.3 is 0 Å². The zero-order chi connectivity index (χ0) is 20.1. The highest BCUT2D eigenvalue weighted by Gasteiger charge is 2.14. The molecule has 3 rings (SSSR count). The number of thioether (sulfide) groups is 1. The number of nitrogens with one attached hydrogen (secondary N) is 1. The van der Waals surface area contributed by atoms with Crippen LogP contribution in [0.3, 0.4) is 0 Å². The van der Waals surface area contributed by atoms with Crippen molar-refractivity contribution in [3.63, 3.8) is 0 Å². The minimum absolute atomic E-state index is 0.155. The number of aromatic nitrogens is 1. The first kappa shape index (κ1) is 19.9. The molecule has 0 saturated carbocycles. The summed E-state index contributed by atoms with van der Waals surface area (Å²) in [6.07, 6.45) is 1.64. The molecule has 0 aliphatic heterocycles. The van der Waals surface area contributed by atoms with Crippen molar-refractivity contribution in [3.8, 4) is 5.69 Å². The lowest BCUT2D eigenvalue weighted by Crippen LogP contribution is -2.26. The fourth-order valence-corrected chi connectivity index (χ4v) is 3.80. The van der Waals surface area contributed by atoms with E-state index in [1.54, 1.807) is 18.3 Å². The Labute approximate surface area is 168 Å². The smallest absolute Gasteiger partial charge is 0.253 e. The van der Waals surface area contributed by atoms with Crippen molar-refractivity contribution in [1.29, 1.82) is 0 Å². The minimum atomic E-state index is -0.266. The SMILES string of the molecule is Cc1cc(C=NNC(=O)[C@H](C)Sc2ccccc2)c(C)n1-c1ccc(F)cc1. The van der Waals surface area contributed by atoms with E-state index in [-0.39, 0.29) is 17.0 Å². The van der Waals surface area contributed by atoms with Crippen molar-refractivity contribution >= 4 is 23.9 Å². The van der Waals surface area contributed by atoms with Gasteiger partial charge in [-0.1, -0.05) is 18.2 Å². The number of carbonyl (C=O) groups excluding carboxylic acids is 1. The standard InChI is InChI=1S/C22H22FN3OS/c1-15-13-18(16(2)26(15)20-11-9-19(23)10-12-20)14-24-25-22(27)17(3)28-21-7-5-4-6-8-21/h4-14,17H,1-3H3,(H,25,27)/t17-/m0/s1. The molecular formula is C22H22FN3OS. The van der Waals surface area contributed by atoms with Crippen LogP contribution in [0.5, 0.6) is 0 Å². The van der Waals surface area contributed by atoms with E-state index in [9.17, 15) is 9.18 Å². The summed E-state index contributed by atoms with van der Waals surface area (Å²) < 4.78 is 15.2. The zero-order valence-electron chi connectivity index (χ0n) is 16.0. The molecule has 1 N–H and O–H groups in total. The summed E-state index contributed by atoms with van der Waals surface area (Å²) in [5, 5.41) is 3.86. The molecule has 0 fully saturated rings. The van der Waals surface area contributed by atoms with Crippen molar-refractivity contribution in [2.75, 3.05) is 0 Å². The van der Waals surface area contributed by atoms with E-state index < -0.39 is 0 Å². The third-order valence-electron chi connectivity index (χ3n) is 4.36. The van der Waals surface area contributed by atoms with E-state index in [1.165, 1.54) is 23.9 Å². The van der Waals surface area contributed by atoms with Crippen LogP contribution in [0, 0.1) is 19.7 Å². The average molecular weight is 396 g/mol. The van der Waals surface area contributed by atoms with Gasteiger partial charge in [0, 0.05) is 27.5 Å². The number of benzene rings is 2. The lowest BCUT2D eigenvalue weighted by atomic mass is 10.2.